The summed E-state index contributed by atoms with van der Waals surface area (Å²) in [7, 11) is 0. The molecule has 0 aliphatic heterocycles. The Morgan fingerprint density at radius 2 is 2.11 bits per heavy atom. The van der Waals surface area contributed by atoms with E-state index in [1.807, 2.05) is 48.7 Å². The van der Waals surface area contributed by atoms with Crippen LogP contribution in [0.15, 0.2) is 34.7 Å². The normalized spacial score (nSPS) is 13.0. The monoisotopic (exact) mass is 275 g/mol. The molecule has 0 radical (unpaired) electrons. The van der Waals surface area contributed by atoms with Crippen LogP contribution in [0.1, 0.15) is 24.5 Å². The fourth-order valence-corrected chi connectivity index (χ4v) is 2.46. The first-order valence-corrected chi connectivity index (χ1v) is 6.43. The molecule has 3 aromatic rings. The first-order valence-electron chi connectivity index (χ1n) is 6.05. The van der Waals surface area contributed by atoms with Crippen LogP contribution in [-0.2, 0) is 0 Å². The third-order valence-corrected chi connectivity index (χ3v) is 3.47. The summed E-state index contributed by atoms with van der Waals surface area (Å²) in [6, 6.07) is 9.40. The van der Waals surface area contributed by atoms with E-state index in [2.05, 4.69) is 4.98 Å². The van der Waals surface area contributed by atoms with Gasteiger partial charge >= 0.3 is 0 Å². The molecular weight excluding hydrogens is 262 g/mol. The fraction of sp³-hybridized carbons (Fsp3) is 0.214. The van der Waals surface area contributed by atoms with E-state index in [0.29, 0.717) is 11.0 Å². The molecule has 1 atom stereocenters. The number of aryl methyl sites for hydroxylation is 1. The Bertz CT molecular complexity index is 744. The highest BCUT2D eigenvalue weighted by Gasteiger charge is 2.18. The van der Waals surface area contributed by atoms with Gasteiger partial charge in [-0.25, -0.2) is 4.98 Å². The highest BCUT2D eigenvalue weighted by atomic mass is 35.5. The summed E-state index contributed by atoms with van der Waals surface area (Å²) in [4.78, 5) is 4.35. The molecule has 2 N–H and O–H groups in total. The van der Waals surface area contributed by atoms with E-state index in [1.54, 1.807) is 0 Å². The van der Waals surface area contributed by atoms with Gasteiger partial charge in [0, 0.05) is 5.02 Å². The molecule has 0 aliphatic carbocycles. The van der Waals surface area contributed by atoms with E-state index in [9.17, 15) is 0 Å². The molecule has 4 nitrogen and oxygen atoms in total. The molecule has 0 saturated heterocycles. The lowest BCUT2D eigenvalue weighted by atomic mass is 10.2. The van der Waals surface area contributed by atoms with Gasteiger partial charge in [0.25, 0.3) is 0 Å². The quantitative estimate of drug-likeness (QED) is 0.774. The molecule has 0 saturated carbocycles. The van der Waals surface area contributed by atoms with Crippen molar-refractivity contribution >= 4 is 28.6 Å². The number of aromatic nitrogens is 2. The molecule has 0 amide bonds. The van der Waals surface area contributed by atoms with E-state index in [-0.39, 0.29) is 6.04 Å². The highest BCUT2D eigenvalue weighted by Crippen LogP contribution is 2.29. The topological polar surface area (TPSA) is 57.0 Å². The van der Waals surface area contributed by atoms with Gasteiger partial charge in [0.1, 0.15) is 11.5 Å². The summed E-state index contributed by atoms with van der Waals surface area (Å²) >= 11 is 6.05. The number of halogens is 1. The maximum atomic E-state index is 6.05. The maximum absolute atomic E-state index is 6.05. The molecule has 3 rings (SSSR count). The number of nitrogens with two attached hydrogens (primary N) is 1. The van der Waals surface area contributed by atoms with Crippen LogP contribution in [0.4, 0.5) is 5.95 Å². The minimum Gasteiger partial charge on any atom is -0.464 e. The minimum atomic E-state index is -0.0304. The molecule has 1 aromatic carbocycles. The Hall–Kier alpha value is -1.94. The predicted molar refractivity (Wildman–Crippen MR) is 76.4 cm³/mol. The average Bonchev–Trinajstić information content (AvgIpc) is 2.91. The molecular formula is C14H14ClN3O. The van der Waals surface area contributed by atoms with Gasteiger partial charge in [-0.2, -0.15) is 0 Å². The smallest absolute Gasteiger partial charge is 0.201 e. The zero-order chi connectivity index (χ0) is 13.6. The fourth-order valence-electron chi connectivity index (χ4n) is 2.30. The van der Waals surface area contributed by atoms with Crippen molar-refractivity contribution in [1.82, 2.24) is 9.55 Å². The highest BCUT2D eigenvalue weighted by molar-refractivity contribution is 6.31. The first-order chi connectivity index (χ1) is 9.06. The summed E-state index contributed by atoms with van der Waals surface area (Å²) in [6.07, 6.45) is 0. The number of nitrogens with zero attached hydrogens (tertiary/aromatic N) is 2. The van der Waals surface area contributed by atoms with Crippen molar-refractivity contribution in [2.45, 2.75) is 19.9 Å². The van der Waals surface area contributed by atoms with E-state index < -0.39 is 0 Å². The molecule has 5 heteroatoms. The van der Waals surface area contributed by atoms with E-state index >= 15 is 0 Å². The lowest BCUT2D eigenvalue weighted by Gasteiger charge is -2.13. The third kappa shape index (κ3) is 1.98. The lowest BCUT2D eigenvalue weighted by molar-refractivity contribution is 0.435. The van der Waals surface area contributed by atoms with Crippen molar-refractivity contribution in [3.63, 3.8) is 0 Å². The number of furan rings is 1. The molecule has 0 aliphatic rings. The molecule has 1 unspecified atom stereocenters. The van der Waals surface area contributed by atoms with Crippen LogP contribution in [0.3, 0.4) is 0 Å². The average molecular weight is 276 g/mol. The van der Waals surface area contributed by atoms with Crippen molar-refractivity contribution < 1.29 is 4.42 Å². The summed E-state index contributed by atoms with van der Waals surface area (Å²) in [6.45, 7) is 3.94. The predicted octanol–water partition coefficient (Wildman–Crippen LogP) is 3.78. The number of fused-ring (bicyclic) bond motifs is 1. The van der Waals surface area contributed by atoms with E-state index in [4.69, 9.17) is 21.8 Å². The maximum Gasteiger partial charge on any atom is 0.201 e. The van der Waals surface area contributed by atoms with Crippen LogP contribution in [0.25, 0.3) is 11.0 Å². The second-order valence-electron chi connectivity index (χ2n) is 4.60. The Morgan fingerprint density at radius 1 is 1.32 bits per heavy atom. The van der Waals surface area contributed by atoms with Crippen LogP contribution in [0.5, 0.6) is 0 Å². The number of benzene rings is 1. The van der Waals surface area contributed by atoms with Crippen LogP contribution in [-0.4, -0.2) is 9.55 Å². The van der Waals surface area contributed by atoms with Crippen molar-refractivity contribution in [3.05, 3.63) is 46.9 Å². The minimum absolute atomic E-state index is 0.0304. The second kappa shape index (κ2) is 4.31. The Labute approximate surface area is 115 Å². The number of hydrogen-bond acceptors (Lipinski definition) is 3. The Balaban J connectivity index is 2.18. The van der Waals surface area contributed by atoms with Gasteiger partial charge in [-0.15, -0.1) is 0 Å². The number of hydrogen-bond donors (Lipinski definition) is 1. The summed E-state index contributed by atoms with van der Waals surface area (Å²) < 4.78 is 7.60. The van der Waals surface area contributed by atoms with Crippen molar-refractivity contribution in [1.29, 1.82) is 0 Å². The van der Waals surface area contributed by atoms with Crippen molar-refractivity contribution in [2.75, 3.05) is 5.73 Å². The molecule has 19 heavy (non-hydrogen) atoms. The van der Waals surface area contributed by atoms with Gasteiger partial charge in [0.05, 0.1) is 17.1 Å². The van der Waals surface area contributed by atoms with Crippen LogP contribution in [0.2, 0.25) is 5.02 Å². The van der Waals surface area contributed by atoms with Gasteiger partial charge < -0.3 is 10.2 Å². The van der Waals surface area contributed by atoms with Crippen LogP contribution >= 0.6 is 11.6 Å². The lowest BCUT2D eigenvalue weighted by Crippen LogP contribution is -2.09. The van der Waals surface area contributed by atoms with Gasteiger partial charge in [0.2, 0.25) is 5.95 Å². The molecule has 0 spiro atoms. The Morgan fingerprint density at radius 3 is 2.79 bits per heavy atom. The number of rotatable bonds is 2. The van der Waals surface area contributed by atoms with Crippen molar-refractivity contribution in [2.24, 2.45) is 0 Å². The Kier molecular flexibility index (Phi) is 2.75. The van der Waals surface area contributed by atoms with Gasteiger partial charge in [-0.3, -0.25) is 4.57 Å². The van der Waals surface area contributed by atoms with Crippen LogP contribution < -0.4 is 5.73 Å². The summed E-state index contributed by atoms with van der Waals surface area (Å²) in [5, 5.41) is 0.663. The number of anilines is 1. The van der Waals surface area contributed by atoms with Gasteiger partial charge in [-0.1, -0.05) is 11.6 Å². The molecule has 0 bridgehead atoms. The zero-order valence-electron chi connectivity index (χ0n) is 10.7. The van der Waals surface area contributed by atoms with Crippen LogP contribution in [0, 0.1) is 6.92 Å². The molecule has 2 aromatic heterocycles. The number of nitrogen functional groups attached to an aromatic ring is 1. The first kappa shape index (κ1) is 12.1. The third-order valence-electron chi connectivity index (χ3n) is 3.24. The molecule has 0 fully saturated rings. The number of imidazole rings is 1. The second-order valence-corrected chi connectivity index (χ2v) is 5.03. The summed E-state index contributed by atoms with van der Waals surface area (Å²) in [5.74, 6) is 2.19. The SMILES string of the molecule is Cc1ccc(C(C)n2c(N)nc3ccc(Cl)cc32)o1. The van der Waals surface area contributed by atoms with E-state index in [1.165, 1.54) is 0 Å². The van der Waals surface area contributed by atoms with Gasteiger partial charge in [0.15, 0.2) is 0 Å². The zero-order valence-corrected chi connectivity index (χ0v) is 11.5. The van der Waals surface area contributed by atoms with Crippen molar-refractivity contribution in [3.8, 4) is 0 Å². The molecule has 2 heterocycles. The molecule has 98 valence electrons. The van der Waals surface area contributed by atoms with Gasteiger partial charge in [-0.05, 0) is 44.2 Å². The largest absolute Gasteiger partial charge is 0.464 e. The standard InChI is InChI=1S/C14H14ClN3O/c1-8-3-6-13(19-8)9(2)18-12-7-10(15)4-5-11(12)17-14(18)16/h3-7,9H,1-2H3,(H2,16,17). The summed E-state index contributed by atoms with van der Waals surface area (Å²) in [5.41, 5.74) is 7.75. The van der Waals surface area contributed by atoms with E-state index in [0.717, 1.165) is 22.6 Å².